The van der Waals surface area contributed by atoms with E-state index in [1.54, 1.807) is 0 Å². The maximum atomic E-state index is 6.82. The molecule has 3 aromatic rings. The van der Waals surface area contributed by atoms with Crippen LogP contribution in [0.4, 0.5) is 0 Å². The van der Waals surface area contributed by atoms with Crippen LogP contribution in [0.2, 0.25) is 0 Å². The number of benzene rings is 3. The first-order valence-corrected chi connectivity index (χ1v) is 13.6. The fraction of sp³-hybridized carbons (Fsp3) is 0.0833. The molecule has 5 heteroatoms. The summed E-state index contributed by atoms with van der Waals surface area (Å²) in [5, 5.41) is 4.07. The number of halogens is 3. The van der Waals surface area contributed by atoms with E-state index in [-0.39, 0.29) is 27.7 Å². The number of hydrogen-bond donors (Lipinski definition) is 0. The molecule has 0 N–H and O–H groups in total. The van der Waals surface area contributed by atoms with Gasteiger partial charge >= 0.3 is 178 Å². The van der Waals surface area contributed by atoms with Gasteiger partial charge < -0.3 is 24.8 Å². The van der Waals surface area contributed by atoms with Crippen LogP contribution in [0.3, 0.4) is 0 Å². The summed E-state index contributed by atoms with van der Waals surface area (Å²) in [5.41, 5.74) is 5.84. The molecule has 1 heterocycles. The van der Waals surface area contributed by atoms with Crippen molar-refractivity contribution in [1.29, 1.82) is 0 Å². The average molecular weight is 533 g/mol. The summed E-state index contributed by atoms with van der Waals surface area (Å²) in [6, 6.07) is 27.2. The number of rotatable bonds is 1. The van der Waals surface area contributed by atoms with Crippen molar-refractivity contribution in [2.75, 3.05) is 0 Å². The van der Waals surface area contributed by atoms with Crippen molar-refractivity contribution in [2.24, 2.45) is 0 Å². The van der Waals surface area contributed by atoms with Crippen molar-refractivity contribution >= 4 is 42.3 Å². The molecular formula is C24H16Cl3PZr. The SMILES string of the molecule is ClC1=Cc2c3cccc2P(c2ccccc2)[C]2(C=Cc4ccccc42)[Zr+2][CH]13.[Cl-].[Cl-]. The van der Waals surface area contributed by atoms with Crippen molar-refractivity contribution in [3.8, 4) is 0 Å². The summed E-state index contributed by atoms with van der Waals surface area (Å²) >= 11 is 5.84. The van der Waals surface area contributed by atoms with Gasteiger partial charge in [0.2, 0.25) is 0 Å². The molecule has 142 valence electrons. The summed E-state index contributed by atoms with van der Waals surface area (Å²) < 4.78 is 0.637. The molecule has 3 aromatic carbocycles. The quantitative estimate of drug-likeness (QED) is 0.379. The molecule has 0 aromatic heterocycles. The van der Waals surface area contributed by atoms with Gasteiger partial charge in [0.1, 0.15) is 0 Å². The van der Waals surface area contributed by atoms with E-state index in [1.807, 2.05) is 0 Å². The predicted octanol–water partition coefficient (Wildman–Crippen LogP) is -0.262. The first-order valence-electron chi connectivity index (χ1n) is 9.20. The van der Waals surface area contributed by atoms with Crippen LogP contribution in [0.25, 0.3) is 12.2 Å². The topological polar surface area (TPSA) is 0 Å². The minimum atomic E-state index is -0.975. The van der Waals surface area contributed by atoms with Gasteiger partial charge in [0.15, 0.2) is 0 Å². The largest absolute Gasteiger partial charge is 1.00 e. The molecule has 0 saturated carbocycles. The summed E-state index contributed by atoms with van der Waals surface area (Å²) in [6.07, 6.45) is 7.20. The van der Waals surface area contributed by atoms with Crippen LogP contribution >= 0.6 is 19.5 Å². The molecular weight excluding hydrogens is 517 g/mol. The van der Waals surface area contributed by atoms with Gasteiger partial charge in [-0.25, -0.2) is 0 Å². The molecule has 0 nitrogen and oxygen atoms in total. The molecule has 0 radical (unpaired) electrons. The third-order valence-corrected chi connectivity index (χ3v) is 16.2. The molecule has 0 amide bonds. The van der Waals surface area contributed by atoms with E-state index in [9.17, 15) is 0 Å². The van der Waals surface area contributed by atoms with Gasteiger partial charge in [-0.05, 0) is 0 Å². The molecule has 4 bridgehead atoms. The van der Waals surface area contributed by atoms with E-state index in [4.69, 9.17) is 11.6 Å². The molecule has 6 rings (SSSR count). The Morgan fingerprint density at radius 2 is 1.62 bits per heavy atom. The van der Waals surface area contributed by atoms with Crippen LogP contribution in [0.15, 0.2) is 83.9 Å². The zero-order chi connectivity index (χ0) is 18.0. The van der Waals surface area contributed by atoms with Gasteiger partial charge in [-0.15, -0.1) is 0 Å². The second kappa shape index (κ2) is 8.11. The molecule has 1 aliphatic heterocycles. The van der Waals surface area contributed by atoms with Crippen LogP contribution in [0.1, 0.15) is 25.9 Å². The Balaban J connectivity index is 0.00000102. The Kier molecular flexibility index (Phi) is 6.03. The first-order chi connectivity index (χ1) is 13.3. The van der Waals surface area contributed by atoms with E-state index in [2.05, 4.69) is 91.0 Å². The zero-order valence-corrected chi connectivity index (χ0v) is 20.9. The van der Waals surface area contributed by atoms with E-state index in [0.29, 0.717) is 3.63 Å². The summed E-state index contributed by atoms with van der Waals surface area (Å²) in [4.78, 5) is 0. The monoisotopic (exact) mass is 530 g/mol. The van der Waals surface area contributed by atoms with Crippen LogP contribution < -0.4 is 35.4 Å². The Bertz CT molecular complexity index is 1140. The molecule has 2 aliphatic carbocycles. The maximum Gasteiger partial charge on any atom is -1.00 e. The van der Waals surface area contributed by atoms with Crippen molar-refractivity contribution < 1.29 is 48.0 Å². The van der Waals surface area contributed by atoms with Gasteiger partial charge in [-0.2, -0.15) is 0 Å². The first kappa shape index (κ1) is 21.6. The van der Waals surface area contributed by atoms with Gasteiger partial charge in [0, 0.05) is 0 Å². The second-order valence-corrected chi connectivity index (χ2v) is 15.2. The smallest absolute Gasteiger partial charge is 1.00 e. The van der Waals surface area contributed by atoms with Crippen LogP contribution in [0.5, 0.6) is 0 Å². The van der Waals surface area contributed by atoms with Crippen LogP contribution in [-0.2, 0) is 26.1 Å². The van der Waals surface area contributed by atoms with Gasteiger partial charge in [0.05, 0.1) is 0 Å². The molecule has 1 spiro atoms. The van der Waals surface area contributed by atoms with Gasteiger partial charge in [-0.1, -0.05) is 0 Å². The maximum absolute atomic E-state index is 6.82. The normalized spacial score (nSPS) is 24.4. The van der Waals surface area contributed by atoms with E-state index >= 15 is 0 Å². The fourth-order valence-corrected chi connectivity index (χ4v) is 15.8. The van der Waals surface area contributed by atoms with Crippen LogP contribution in [-0.4, -0.2) is 0 Å². The van der Waals surface area contributed by atoms with Gasteiger partial charge in [0.25, 0.3) is 0 Å². The number of hydrogen-bond acceptors (Lipinski definition) is 0. The Labute approximate surface area is 201 Å². The third-order valence-electron chi connectivity index (χ3n) is 5.83. The van der Waals surface area contributed by atoms with Crippen LogP contribution in [0, 0.1) is 0 Å². The van der Waals surface area contributed by atoms with Crippen molar-refractivity contribution in [2.45, 2.75) is 6.49 Å². The summed E-state index contributed by atoms with van der Waals surface area (Å²) in [7, 11) is -0.501. The molecule has 3 aliphatic rings. The number of fused-ring (bicyclic) bond motifs is 2. The van der Waals surface area contributed by atoms with E-state index < -0.39 is 31.2 Å². The third kappa shape index (κ3) is 3.09. The standard InChI is InChI=1S/C24H16ClP.2ClH.Zr/c25-19-15-18-8-6-12-23(22(18)16-19)26(20-9-2-1-3-10-20)24-14-13-17-7-4-5-11-21(17)24;;;/h1-16H;2*1H;/q;;;+2/p-2. The van der Waals surface area contributed by atoms with E-state index in [0.717, 1.165) is 5.03 Å². The molecule has 0 saturated heterocycles. The van der Waals surface area contributed by atoms with Gasteiger partial charge in [-0.3, -0.25) is 0 Å². The Morgan fingerprint density at radius 1 is 0.862 bits per heavy atom. The minimum absolute atomic E-state index is 0. The molecule has 3 unspecified atom stereocenters. The van der Waals surface area contributed by atoms with Crippen molar-refractivity contribution in [3.63, 3.8) is 0 Å². The van der Waals surface area contributed by atoms with E-state index in [1.165, 1.54) is 32.9 Å². The average Bonchev–Trinajstić information content (AvgIpc) is 3.21. The van der Waals surface area contributed by atoms with Crippen molar-refractivity contribution in [1.82, 2.24) is 0 Å². The molecule has 0 fully saturated rings. The Hall–Kier alpha value is -0.677. The van der Waals surface area contributed by atoms with Crippen molar-refractivity contribution in [3.05, 3.63) is 106 Å². The molecule has 3 atom stereocenters. The molecule has 29 heavy (non-hydrogen) atoms. The minimum Gasteiger partial charge on any atom is -1.00 e. The Morgan fingerprint density at radius 3 is 2.45 bits per heavy atom. The second-order valence-electron chi connectivity index (χ2n) is 7.24. The fourth-order valence-electron chi connectivity index (χ4n) is 4.70. The summed E-state index contributed by atoms with van der Waals surface area (Å²) in [5.74, 6) is 0. The number of allylic oxidation sites excluding steroid dienone is 2. The zero-order valence-electron chi connectivity index (χ0n) is 15.3. The predicted molar refractivity (Wildman–Crippen MR) is 113 cm³/mol. The summed E-state index contributed by atoms with van der Waals surface area (Å²) in [6.45, 7) is 0.